The fraction of sp³-hybridized carbons (Fsp3) is 0.412. The Hall–Kier alpha value is -2.85. The number of hydrogen-bond acceptors (Lipinski definition) is 6. The number of benzene rings is 1. The number of nitrogens with two attached hydrogens (primary N) is 1. The molecule has 0 aliphatic carbocycles. The summed E-state index contributed by atoms with van der Waals surface area (Å²) in [7, 11) is 1.61. The predicted molar refractivity (Wildman–Crippen MR) is 100 cm³/mol. The Morgan fingerprint density at radius 1 is 1.54 bits per heavy atom. The number of carboxylic acid groups (broad SMARTS) is 1. The van der Waals surface area contributed by atoms with Crippen LogP contribution in [0.1, 0.15) is 12.5 Å². The number of likely N-dealkylation sites (N-methyl/N-ethyl adjacent to an activating group) is 1. The summed E-state index contributed by atoms with van der Waals surface area (Å²) in [5.74, 6) is 4.04. The van der Waals surface area contributed by atoms with Gasteiger partial charge < -0.3 is 25.5 Å². The van der Waals surface area contributed by atoms with E-state index in [4.69, 9.17) is 27.4 Å². The van der Waals surface area contributed by atoms with Crippen LogP contribution >= 0.6 is 11.6 Å². The highest BCUT2D eigenvalue weighted by Gasteiger charge is 2.28. The standard InChI is InChI=1S/C13H16ClN3O3.C4H7NO3/c1-17-7-12(18)16-6-9(13(17)19)4-8-5-10(14)2-3-11(8)20-15;1-3(4(7)8)5-2-6/h2-3,5,9H,4,6-7,15H2,1H3,(H,16,18);2-3H,1H3,(H,5,6)(H,7,8). The summed E-state index contributed by atoms with van der Waals surface area (Å²) in [6.45, 7) is 1.75. The third-order valence-electron chi connectivity index (χ3n) is 3.96. The Morgan fingerprint density at radius 2 is 2.21 bits per heavy atom. The highest BCUT2D eigenvalue weighted by molar-refractivity contribution is 6.30. The number of hydrogen-bond donors (Lipinski definition) is 4. The Kier molecular flexibility index (Phi) is 9.19. The highest BCUT2D eigenvalue weighted by atomic mass is 35.5. The largest absolute Gasteiger partial charge is 0.480 e. The second-order valence-corrected chi connectivity index (χ2v) is 6.55. The number of halogens is 1. The minimum Gasteiger partial charge on any atom is -0.480 e. The van der Waals surface area contributed by atoms with E-state index in [1.165, 1.54) is 11.8 Å². The van der Waals surface area contributed by atoms with Gasteiger partial charge >= 0.3 is 5.97 Å². The van der Waals surface area contributed by atoms with E-state index in [1.54, 1.807) is 25.2 Å². The molecule has 10 nitrogen and oxygen atoms in total. The van der Waals surface area contributed by atoms with Crippen LogP contribution in [0.2, 0.25) is 5.02 Å². The molecule has 3 amide bonds. The number of rotatable bonds is 6. The molecule has 28 heavy (non-hydrogen) atoms. The predicted octanol–water partition coefficient (Wildman–Crippen LogP) is -0.455. The molecule has 0 saturated carbocycles. The van der Waals surface area contributed by atoms with E-state index in [-0.39, 0.29) is 24.3 Å². The quantitative estimate of drug-likeness (QED) is 0.363. The second-order valence-electron chi connectivity index (χ2n) is 6.11. The normalized spacial score (nSPS) is 17.4. The molecule has 1 aromatic rings. The van der Waals surface area contributed by atoms with E-state index in [1.807, 2.05) is 0 Å². The van der Waals surface area contributed by atoms with Crippen molar-refractivity contribution >= 4 is 35.8 Å². The minimum atomic E-state index is -1.03. The summed E-state index contributed by atoms with van der Waals surface area (Å²) in [6.07, 6.45) is 0.759. The maximum atomic E-state index is 12.2. The summed E-state index contributed by atoms with van der Waals surface area (Å²) < 4.78 is 0. The SMILES string of the molecule is CC(NC=O)C(=O)O.CN1CC(=O)NCC(Cc2cc(Cl)ccc2ON)C1=O. The first-order valence-electron chi connectivity index (χ1n) is 8.28. The first-order chi connectivity index (χ1) is 13.2. The van der Waals surface area contributed by atoms with Crippen LogP contribution in [0, 0.1) is 5.92 Å². The zero-order chi connectivity index (χ0) is 21.3. The van der Waals surface area contributed by atoms with Crippen molar-refractivity contribution in [3.63, 3.8) is 0 Å². The monoisotopic (exact) mass is 414 g/mol. The second kappa shape index (κ2) is 11.1. The van der Waals surface area contributed by atoms with Gasteiger partial charge in [0.15, 0.2) is 0 Å². The zero-order valence-electron chi connectivity index (χ0n) is 15.5. The molecule has 1 heterocycles. The van der Waals surface area contributed by atoms with Crippen LogP contribution in [-0.2, 0) is 25.6 Å². The number of carboxylic acids is 1. The molecule has 2 atom stereocenters. The van der Waals surface area contributed by atoms with Crippen LogP contribution < -0.4 is 21.4 Å². The van der Waals surface area contributed by atoms with Crippen molar-refractivity contribution in [3.05, 3.63) is 28.8 Å². The number of aliphatic carboxylic acids is 1. The molecular weight excluding hydrogens is 392 g/mol. The number of nitrogens with zero attached hydrogens (tertiary/aromatic N) is 1. The molecule has 1 fully saturated rings. The van der Waals surface area contributed by atoms with E-state index in [0.29, 0.717) is 30.1 Å². The lowest BCUT2D eigenvalue weighted by Crippen LogP contribution is -2.34. The van der Waals surface area contributed by atoms with E-state index in [0.717, 1.165) is 5.56 Å². The van der Waals surface area contributed by atoms with Gasteiger partial charge in [0.25, 0.3) is 0 Å². The van der Waals surface area contributed by atoms with Crippen molar-refractivity contribution in [2.45, 2.75) is 19.4 Å². The molecular formula is C17H23ClN4O6. The van der Waals surface area contributed by atoms with E-state index >= 15 is 0 Å². The molecule has 1 aliphatic rings. The fourth-order valence-electron chi connectivity index (χ4n) is 2.41. The van der Waals surface area contributed by atoms with Gasteiger partial charge in [0.1, 0.15) is 11.8 Å². The third-order valence-corrected chi connectivity index (χ3v) is 4.19. The molecule has 1 saturated heterocycles. The highest BCUT2D eigenvalue weighted by Crippen LogP contribution is 2.25. The van der Waals surface area contributed by atoms with Crippen molar-refractivity contribution in [2.75, 3.05) is 20.1 Å². The van der Waals surface area contributed by atoms with E-state index < -0.39 is 12.0 Å². The van der Waals surface area contributed by atoms with Gasteiger partial charge in [-0.1, -0.05) is 11.6 Å². The Labute approximate surface area is 166 Å². The number of carbonyl (C=O) groups is 4. The molecule has 0 radical (unpaired) electrons. The molecule has 0 bridgehead atoms. The first-order valence-corrected chi connectivity index (χ1v) is 8.66. The summed E-state index contributed by atoms with van der Waals surface area (Å²) in [5.41, 5.74) is 0.739. The molecule has 2 rings (SSSR count). The number of nitrogens with one attached hydrogen (secondary N) is 2. The topological polar surface area (TPSA) is 151 Å². The van der Waals surface area contributed by atoms with E-state index in [9.17, 15) is 19.2 Å². The molecule has 11 heteroatoms. The summed E-state index contributed by atoms with van der Waals surface area (Å²) in [5, 5.41) is 13.4. The van der Waals surface area contributed by atoms with Crippen molar-refractivity contribution in [1.82, 2.24) is 15.5 Å². The number of amides is 3. The van der Waals surface area contributed by atoms with Crippen molar-refractivity contribution in [1.29, 1.82) is 0 Å². The lowest BCUT2D eigenvalue weighted by Gasteiger charge is -2.19. The van der Waals surface area contributed by atoms with Gasteiger partial charge in [-0.05, 0) is 37.1 Å². The van der Waals surface area contributed by atoms with Gasteiger partial charge in [-0.25, -0.2) is 0 Å². The summed E-state index contributed by atoms with van der Waals surface area (Å²) >= 11 is 5.95. The molecule has 1 aliphatic heterocycles. The van der Waals surface area contributed by atoms with Crippen LogP contribution in [-0.4, -0.2) is 60.4 Å². The molecule has 0 spiro atoms. The fourth-order valence-corrected chi connectivity index (χ4v) is 2.60. The Balaban J connectivity index is 0.000000416. The van der Waals surface area contributed by atoms with Crippen LogP contribution in [0.15, 0.2) is 18.2 Å². The van der Waals surface area contributed by atoms with Crippen molar-refractivity contribution in [2.24, 2.45) is 11.8 Å². The Morgan fingerprint density at radius 3 is 2.75 bits per heavy atom. The van der Waals surface area contributed by atoms with Gasteiger partial charge in [-0.2, -0.15) is 5.90 Å². The van der Waals surface area contributed by atoms with Crippen LogP contribution in [0.5, 0.6) is 5.75 Å². The minimum absolute atomic E-state index is 0.0745. The van der Waals surface area contributed by atoms with Gasteiger partial charge in [-0.15, -0.1) is 0 Å². The van der Waals surface area contributed by atoms with Crippen LogP contribution in [0.25, 0.3) is 0 Å². The molecule has 1 aromatic carbocycles. The maximum absolute atomic E-state index is 12.2. The molecule has 2 unspecified atom stereocenters. The summed E-state index contributed by atoms with van der Waals surface area (Å²) in [4.78, 5) is 49.3. The first kappa shape index (κ1) is 23.2. The Bertz CT molecular complexity index is 730. The van der Waals surface area contributed by atoms with Gasteiger partial charge in [0.05, 0.1) is 12.5 Å². The molecule has 154 valence electrons. The average molecular weight is 415 g/mol. The molecule has 5 N–H and O–H groups in total. The lowest BCUT2D eigenvalue weighted by atomic mass is 9.97. The zero-order valence-corrected chi connectivity index (χ0v) is 16.2. The average Bonchev–Trinajstić information content (AvgIpc) is 2.76. The maximum Gasteiger partial charge on any atom is 0.325 e. The van der Waals surface area contributed by atoms with Crippen LogP contribution in [0.3, 0.4) is 0 Å². The smallest absolute Gasteiger partial charge is 0.325 e. The van der Waals surface area contributed by atoms with Crippen molar-refractivity contribution in [3.8, 4) is 5.75 Å². The third kappa shape index (κ3) is 7.05. The van der Waals surface area contributed by atoms with Gasteiger partial charge in [0.2, 0.25) is 18.2 Å². The van der Waals surface area contributed by atoms with Gasteiger partial charge in [0, 0.05) is 18.6 Å². The van der Waals surface area contributed by atoms with E-state index in [2.05, 4.69) is 10.6 Å². The van der Waals surface area contributed by atoms with Crippen molar-refractivity contribution < 1.29 is 29.1 Å². The summed E-state index contributed by atoms with van der Waals surface area (Å²) in [6, 6.07) is 4.24. The molecule has 0 aromatic heterocycles. The lowest BCUT2D eigenvalue weighted by molar-refractivity contribution is -0.140. The van der Waals surface area contributed by atoms with Crippen LogP contribution in [0.4, 0.5) is 0 Å². The van der Waals surface area contributed by atoms with Gasteiger partial charge in [-0.3, -0.25) is 19.2 Å². The number of carbonyl (C=O) groups excluding carboxylic acids is 3.